The van der Waals surface area contributed by atoms with Crippen molar-refractivity contribution in [3.8, 4) is 0 Å². The molecule has 88 valence electrons. The second-order valence-corrected chi connectivity index (χ2v) is 4.74. The minimum Gasteiger partial charge on any atom is -0.511 e. The Labute approximate surface area is 103 Å². The minimum atomic E-state index is -0.297. The van der Waals surface area contributed by atoms with Crippen molar-refractivity contribution < 1.29 is 5.11 Å². The van der Waals surface area contributed by atoms with Crippen molar-refractivity contribution >= 4 is 0 Å². The van der Waals surface area contributed by atoms with Gasteiger partial charge >= 0.3 is 0 Å². The minimum absolute atomic E-state index is 0.297. The summed E-state index contributed by atoms with van der Waals surface area (Å²) in [6.45, 7) is 5.86. The van der Waals surface area contributed by atoms with Gasteiger partial charge in [0.05, 0.1) is 5.41 Å². The molecular weight excluding hydrogens is 208 g/mol. The van der Waals surface area contributed by atoms with Gasteiger partial charge in [0, 0.05) is 0 Å². The van der Waals surface area contributed by atoms with E-state index in [1.54, 1.807) is 0 Å². The Morgan fingerprint density at radius 2 is 2.00 bits per heavy atom. The number of hydrogen-bond acceptors (Lipinski definition) is 1. The Kier molecular flexibility index (Phi) is 3.19. The van der Waals surface area contributed by atoms with Gasteiger partial charge in [-0.3, -0.25) is 0 Å². The molecule has 0 amide bonds. The van der Waals surface area contributed by atoms with E-state index >= 15 is 0 Å². The van der Waals surface area contributed by atoms with Crippen LogP contribution < -0.4 is 0 Å². The van der Waals surface area contributed by atoms with Crippen LogP contribution >= 0.6 is 0 Å². The van der Waals surface area contributed by atoms with E-state index in [1.807, 2.05) is 36.4 Å². The fourth-order valence-electron chi connectivity index (χ4n) is 2.37. The summed E-state index contributed by atoms with van der Waals surface area (Å²) in [5.74, 6) is 0.441. The molecule has 1 aromatic carbocycles. The van der Waals surface area contributed by atoms with Crippen LogP contribution in [-0.4, -0.2) is 5.11 Å². The molecule has 2 rings (SSSR count). The highest BCUT2D eigenvalue weighted by Gasteiger charge is 2.33. The van der Waals surface area contributed by atoms with Crippen LogP contribution in [0.1, 0.15) is 25.3 Å². The highest BCUT2D eigenvalue weighted by Crippen LogP contribution is 2.40. The zero-order valence-electron chi connectivity index (χ0n) is 10.2. The lowest BCUT2D eigenvalue weighted by Gasteiger charge is -2.33. The van der Waals surface area contributed by atoms with E-state index in [-0.39, 0.29) is 5.41 Å². The number of aliphatic hydroxyl groups is 1. The molecule has 0 fully saturated rings. The highest BCUT2D eigenvalue weighted by molar-refractivity contribution is 5.40. The molecule has 0 saturated heterocycles. The zero-order valence-corrected chi connectivity index (χ0v) is 10.2. The van der Waals surface area contributed by atoms with Crippen molar-refractivity contribution in [3.05, 3.63) is 72.0 Å². The first-order valence-electron chi connectivity index (χ1n) is 5.92. The molecule has 1 unspecified atom stereocenters. The number of aliphatic hydroxyl groups excluding tert-OH is 1. The van der Waals surface area contributed by atoms with Gasteiger partial charge in [-0.05, 0) is 31.4 Å². The van der Waals surface area contributed by atoms with Crippen LogP contribution in [0.3, 0.4) is 0 Å². The third-order valence-corrected chi connectivity index (χ3v) is 3.44. The number of benzene rings is 1. The summed E-state index contributed by atoms with van der Waals surface area (Å²) in [4.78, 5) is 0. The molecule has 0 aliphatic heterocycles. The molecule has 1 N–H and O–H groups in total. The quantitative estimate of drug-likeness (QED) is 0.762. The van der Waals surface area contributed by atoms with Gasteiger partial charge in [0.2, 0.25) is 0 Å². The largest absolute Gasteiger partial charge is 0.511 e. The maximum atomic E-state index is 10.2. The third kappa shape index (κ3) is 2.19. The Balaban J connectivity index is 2.36. The zero-order chi connectivity index (χ0) is 12.3. The summed E-state index contributed by atoms with van der Waals surface area (Å²) in [5, 5.41) is 10.2. The van der Waals surface area contributed by atoms with E-state index in [0.29, 0.717) is 5.76 Å². The van der Waals surface area contributed by atoms with Crippen LogP contribution in [0.25, 0.3) is 0 Å². The molecule has 1 aliphatic carbocycles. The van der Waals surface area contributed by atoms with Crippen LogP contribution in [0.2, 0.25) is 0 Å². The molecule has 0 spiro atoms. The summed E-state index contributed by atoms with van der Waals surface area (Å²) in [5.41, 5.74) is 2.17. The summed E-state index contributed by atoms with van der Waals surface area (Å²) < 4.78 is 0. The molecule has 1 heteroatoms. The first-order valence-corrected chi connectivity index (χ1v) is 5.92. The second kappa shape index (κ2) is 4.62. The van der Waals surface area contributed by atoms with Gasteiger partial charge in [0.1, 0.15) is 5.76 Å². The normalized spacial score (nSPS) is 23.8. The monoisotopic (exact) mass is 226 g/mol. The summed E-state index contributed by atoms with van der Waals surface area (Å²) in [7, 11) is 0. The lowest BCUT2D eigenvalue weighted by molar-refractivity contribution is 0.300. The number of allylic oxidation sites excluding steroid dienone is 5. The number of hydrogen-bond donors (Lipinski definition) is 1. The Morgan fingerprint density at radius 3 is 2.65 bits per heavy atom. The van der Waals surface area contributed by atoms with Gasteiger partial charge in [-0.2, -0.15) is 0 Å². The van der Waals surface area contributed by atoms with Crippen molar-refractivity contribution in [1.29, 1.82) is 0 Å². The maximum Gasteiger partial charge on any atom is 0.103 e. The molecule has 0 saturated carbocycles. The van der Waals surface area contributed by atoms with E-state index in [2.05, 4.69) is 25.6 Å². The molecule has 1 atom stereocenters. The van der Waals surface area contributed by atoms with Gasteiger partial charge in [-0.15, -0.1) is 6.58 Å². The molecule has 0 heterocycles. The molecule has 1 aliphatic rings. The van der Waals surface area contributed by atoms with Gasteiger partial charge < -0.3 is 5.11 Å². The molecule has 0 aromatic heterocycles. The van der Waals surface area contributed by atoms with E-state index in [0.717, 1.165) is 18.4 Å². The van der Waals surface area contributed by atoms with Crippen LogP contribution in [0.15, 0.2) is 66.5 Å². The van der Waals surface area contributed by atoms with Gasteiger partial charge in [-0.1, -0.05) is 48.1 Å². The predicted octanol–water partition coefficient (Wildman–Crippen LogP) is 4.29. The molecular formula is C16H18O. The predicted molar refractivity (Wildman–Crippen MR) is 72.0 cm³/mol. The third-order valence-electron chi connectivity index (χ3n) is 3.44. The molecule has 17 heavy (non-hydrogen) atoms. The lowest BCUT2D eigenvalue weighted by atomic mass is 9.72. The van der Waals surface area contributed by atoms with E-state index in [1.165, 1.54) is 5.57 Å². The average Bonchev–Trinajstić information content (AvgIpc) is 2.35. The van der Waals surface area contributed by atoms with Crippen molar-refractivity contribution in [2.75, 3.05) is 0 Å². The van der Waals surface area contributed by atoms with Crippen molar-refractivity contribution in [1.82, 2.24) is 0 Å². The van der Waals surface area contributed by atoms with Crippen LogP contribution in [-0.2, 0) is 5.41 Å². The number of rotatable bonds is 3. The molecule has 1 aromatic rings. The Morgan fingerprint density at radius 1 is 1.29 bits per heavy atom. The van der Waals surface area contributed by atoms with Gasteiger partial charge in [0.15, 0.2) is 0 Å². The van der Waals surface area contributed by atoms with Gasteiger partial charge in [0.25, 0.3) is 0 Å². The fourth-order valence-corrected chi connectivity index (χ4v) is 2.37. The SMILES string of the molecule is C=CCC1=CC=C(O)C(C)(c2ccccc2)C1. The average molecular weight is 226 g/mol. The first-order chi connectivity index (χ1) is 8.16. The van der Waals surface area contributed by atoms with Crippen molar-refractivity contribution in [2.45, 2.75) is 25.2 Å². The van der Waals surface area contributed by atoms with Crippen molar-refractivity contribution in [2.24, 2.45) is 0 Å². The standard InChI is InChI=1S/C16H18O/c1-3-7-13-10-11-15(17)16(2,12-13)14-8-5-4-6-9-14/h3-6,8-11,17H,1,7,12H2,2H3. The second-order valence-electron chi connectivity index (χ2n) is 4.74. The molecule has 0 bridgehead atoms. The van der Waals surface area contributed by atoms with Crippen LogP contribution in [0, 0.1) is 0 Å². The smallest absolute Gasteiger partial charge is 0.103 e. The van der Waals surface area contributed by atoms with E-state index in [4.69, 9.17) is 0 Å². The van der Waals surface area contributed by atoms with Crippen molar-refractivity contribution in [3.63, 3.8) is 0 Å². The van der Waals surface area contributed by atoms with Crippen LogP contribution in [0.4, 0.5) is 0 Å². The Hall–Kier alpha value is -1.76. The fraction of sp³-hybridized carbons (Fsp3) is 0.250. The van der Waals surface area contributed by atoms with Crippen LogP contribution in [0.5, 0.6) is 0 Å². The first kappa shape index (κ1) is 11.7. The molecule has 0 radical (unpaired) electrons. The van der Waals surface area contributed by atoms with E-state index in [9.17, 15) is 5.11 Å². The summed E-state index contributed by atoms with van der Waals surface area (Å²) in [6.07, 6.45) is 7.46. The summed E-state index contributed by atoms with van der Waals surface area (Å²) >= 11 is 0. The lowest BCUT2D eigenvalue weighted by Crippen LogP contribution is -2.27. The van der Waals surface area contributed by atoms with E-state index < -0.39 is 0 Å². The highest BCUT2D eigenvalue weighted by atomic mass is 16.3. The molecule has 1 nitrogen and oxygen atoms in total. The van der Waals surface area contributed by atoms with Gasteiger partial charge in [-0.25, -0.2) is 0 Å². The summed E-state index contributed by atoms with van der Waals surface area (Å²) in [6, 6.07) is 10.2. The topological polar surface area (TPSA) is 20.2 Å². The Bertz CT molecular complexity index is 468. The maximum absolute atomic E-state index is 10.2.